The highest BCUT2D eigenvalue weighted by Gasteiger charge is 2.46. The fourth-order valence-corrected chi connectivity index (χ4v) is 3.20. The van der Waals surface area contributed by atoms with Crippen LogP contribution in [0.25, 0.3) is 0 Å². The molecule has 2 fully saturated rings. The predicted octanol–water partition coefficient (Wildman–Crippen LogP) is 2.06. The van der Waals surface area contributed by atoms with E-state index in [0.717, 1.165) is 6.42 Å². The summed E-state index contributed by atoms with van der Waals surface area (Å²) in [5.74, 6) is 0.830. The Labute approximate surface area is 98.1 Å². The maximum absolute atomic E-state index is 11.8. The number of nitrogens with zero attached hydrogens (tertiary/aromatic N) is 1. The Bertz CT molecular complexity index is 248. The fourth-order valence-electron chi connectivity index (χ4n) is 3.20. The number of hydrogen-bond acceptors (Lipinski definition) is 3. The number of ether oxygens (including phenoxy) is 1. The normalized spacial score (nSPS) is 35.5. The lowest BCUT2D eigenvalue weighted by Crippen LogP contribution is -2.57. The summed E-state index contributed by atoms with van der Waals surface area (Å²) >= 11 is 0. The van der Waals surface area contributed by atoms with E-state index in [2.05, 4.69) is 11.8 Å². The van der Waals surface area contributed by atoms with Gasteiger partial charge in [-0.3, -0.25) is 9.69 Å². The second-order valence-corrected chi connectivity index (χ2v) is 5.16. The van der Waals surface area contributed by atoms with Crippen LogP contribution < -0.4 is 0 Å². The first-order valence-corrected chi connectivity index (χ1v) is 6.64. The first-order valence-electron chi connectivity index (χ1n) is 6.64. The van der Waals surface area contributed by atoms with Crippen molar-refractivity contribution in [1.29, 1.82) is 0 Å². The summed E-state index contributed by atoms with van der Waals surface area (Å²) in [6.07, 6.45) is 4.94. The molecule has 1 aliphatic carbocycles. The maximum Gasteiger partial charge on any atom is 0.310 e. The molecule has 0 radical (unpaired) electrons. The minimum atomic E-state index is 0.0242. The van der Waals surface area contributed by atoms with Crippen molar-refractivity contribution >= 4 is 5.97 Å². The molecule has 92 valence electrons. The molecule has 3 unspecified atom stereocenters. The second-order valence-electron chi connectivity index (χ2n) is 5.16. The second kappa shape index (κ2) is 5.17. The van der Waals surface area contributed by atoms with Crippen LogP contribution in [0.4, 0.5) is 0 Å². The van der Waals surface area contributed by atoms with Crippen molar-refractivity contribution in [3.63, 3.8) is 0 Å². The van der Waals surface area contributed by atoms with Crippen LogP contribution in [0.15, 0.2) is 0 Å². The van der Waals surface area contributed by atoms with Crippen LogP contribution in [0, 0.1) is 11.8 Å². The number of carbonyl (C=O) groups excluding carboxylic acids is 1. The van der Waals surface area contributed by atoms with E-state index in [1.807, 2.05) is 6.92 Å². The zero-order valence-corrected chi connectivity index (χ0v) is 10.4. The summed E-state index contributed by atoms with van der Waals surface area (Å²) in [6, 6.07) is 0.458. The highest BCUT2D eigenvalue weighted by Crippen LogP contribution is 2.39. The predicted molar refractivity (Wildman–Crippen MR) is 63.1 cm³/mol. The summed E-state index contributed by atoms with van der Waals surface area (Å²) in [5, 5.41) is 0. The molecule has 0 aromatic rings. The zero-order chi connectivity index (χ0) is 11.5. The Morgan fingerprint density at radius 1 is 1.31 bits per heavy atom. The number of rotatable bonds is 3. The summed E-state index contributed by atoms with van der Waals surface area (Å²) in [4.78, 5) is 14.3. The first-order chi connectivity index (χ1) is 7.74. The minimum Gasteiger partial charge on any atom is -0.466 e. The number of piperidine rings is 1. The van der Waals surface area contributed by atoms with Gasteiger partial charge in [0.1, 0.15) is 0 Å². The van der Waals surface area contributed by atoms with Crippen molar-refractivity contribution < 1.29 is 9.53 Å². The molecule has 0 aromatic carbocycles. The molecule has 16 heavy (non-hydrogen) atoms. The number of carbonyl (C=O) groups is 1. The third kappa shape index (κ3) is 2.24. The Balaban J connectivity index is 1.92. The van der Waals surface area contributed by atoms with Crippen LogP contribution in [-0.2, 0) is 9.53 Å². The van der Waals surface area contributed by atoms with Crippen molar-refractivity contribution in [3.8, 4) is 0 Å². The molecule has 0 spiro atoms. The molecule has 0 N–H and O–H groups in total. The van der Waals surface area contributed by atoms with Crippen LogP contribution >= 0.6 is 0 Å². The van der Waals surface area contributed by atoms with Gasteiger partial charge >= 0.3 is 5.97 Å². The van der Waals surface area contributed by atoms with Crippen LogP contribution in [0.5, 0.6) is 0 Å². The van der Waals surface area contributed by atoms with Crippen molar-refractivity contribution in [2.24, 2.45) is 11.8 Å². The number of likely N-dealkylation sites (tertiary alicyclic amines) is 1. The maximum atomic E-state index is 11.8. The van der Waals surface area contributed by atoms with Crippen molar-refractivity contribution in [2.75, 3.05) is 19.7 Å². The summed E-state index contributed by atoms with van der Waals surface area (Å²) in [7, 11) is 0. The highest BCUT2D eigenvalue weighted by molar-refractivity contribution is 5.74. The van der Waals surface area contributed by atoms with Crippen LogP contribution in [-0.4, -0.2) is 36.6 Å². The molecule has 2 rings (SSSR count). The van der Waals surface area contributed by atoms with Gasteiger partial charge in [-0.05, 0) is 45.2 Å². The van der Waals surface area contributed by atoms with E-state index in [4.69, 9.17) is 4.74 Å². The molecule has 0 aromatic heterocycles. The van der Waals surface area contributed by atoms with Gasteiger partial charge in [-0.2, -0.15) is 0 Å². The van der Waals surface area contributed by atoms with Gasteiger partial charge in [-0.15, -0.1) is 0 Å². The smallest absolute Gasteiger partial charge is 0.310 e. The van der Waals surface area contributed by atoms with Crippen molar-refractivity contribution in [3.05, 3.63) is 0 Å². The average molecular weight is 225 g/mol. The molecule has 0 bridgehead atoms. The third-order valence-corrected chi connectivity index (χ3v) is 4.02. The summed E-state index contributed by atoms with van der Waals surface area (Å²) < 4.78 is 5.15. The molecule has 3 heteroatoms. The molecule has 1 saturated heterocycles. The first kappa shape index (κ1) is 11.9. The molecule has 3 atom stereocenters. The largest absolute Gasteiger partial charge is 0.466 e. The minimum absolute atomic E-state index is 0.0242. The Hall–Kier alpha value is -0.570. The number of esters is 1. The lowest BCUT2D eigenvalue weighted by atomic mass is 9.69. The monoisotopic (exact) mass is 225 g/mol. The van der Waals surface area contributed by atoms with Gasteiger partial charge in [0.25, 0.3) is 0 Å². The Kier molecular flexibility index (Phi) is 3.85. The van der Waals surface area contributed by atoms with Gasteiger partial charge in [0, 0.05) is 6.04 Å². The van der Waals surface area contributed by atoms with Gasteiger partial charge in [-0.1, -0.05) is 13.3 Å². The van der Waals surface area contributed by atoms with E-state index in [1.165, 1.54) is 32.4 Å². The van der Waals surface area contributed by atoms with Crippen LogP contribution in [0.2, 0.25) is 0 Å². The molecule has 1 heterocycles. The topological polar surface area (TPSA) is 29.5 Å². The molecular formula is C13H23NO2. The highest BCUT2D eigenvalue weighted by atomic mass is 16.5. The quantitative estimate of drug-likeness (QED) is 0.689. The van der Waals surface area contributed by atoms with Crippen LogP contribution in [0.1, 0.15) is 39.5 Å². The van der Waals surface area contributed by atoms with E-state index < -0.39 is 0 Å². The molecule has 3 nitrogen and oxygen atoms in total. The lowest BCUT2D eigenvalue weighted by molar-refractivity contribution is -0.159. The van der Waals surface area contributed by atoms with Gasteiger partial charge in [0.2, 0.25) is 0 Å². The van der Waals surface area contributed by atoms with E-state index in [1.54, 1.807) is 0 Å². The summed E-state index contributed by atoms with van der Waals surface area (Å²) in [6.45, 7) is 7.00. The van der Waals surface area contributed by atoms with E-state index in [9.17, 15) is 4.79 Å². The third-order valence-electron chi connectivity index (χ3n) is 4.02. The lowest BCUT2D eigenvalue weighted by Gasteiger charge is -2.49. The van der Waals surface area contributed by atoms with Crippen molar-refractivity contribution in [2.45, 2.75) is 45.6 Å². The van der Waals surface area contributed by atoms with Gasteiger partial charge < -0.3 is 4.74 Å². The van der Waals surface area contributed by atoms with Gasteiger partial charge in [0.05, 0.1) is 12.5 Å². The summed E-state index contributed by atoms with van der Waals surface area (Å²) in [5.41, 5.74) is 0. The van der Waals surface area contributed by atoms with E-state index in [-0.39, 0.29) is 11.9 Å². The van der Waals surface area contributed by atoms with Gasteiger partial charge in [-0.25, -0.2) is 0 Å². The molecule has 1 aliphatic heterocycles. The van der Waals surface area contributed by atoms with Crippen LogP contribution in [0.3, 0.4) is 0 Å². The molecule has 1 saturated carbocycles. The van der Waals surface area contributed by atoms with E-state index in [0.29, 0.717) is 18.6 Å². The van der Waals surface area contributed by atoms with Crippen molar-refractivity contribution in [1.82, 2.24) is 4.90 Å². The SMILES string of the molecule is CCOC(=O)C1CC(C)C1N1CCCCC1. The average Bonchev–Trinajstić information content (AvgIpc) is 2.27. The fraction of sp³-hybridized carbons (Fsp3) is 0.923. The zero-order valence-electron chi connectivity index (χ0n) is 10.4. The Morgan fingerprint density at radius 3 is 2.56 bits per heavy atom. The number of hydrogen-bond donors (Lipinski definition) is 0. The van der Waals surface area contributed by atoms with Gasteiger partial charge in [0.15, 0.2) is 0 Å². The molecular weight excluding hydrogens is 202 g/mol. The Morgan fingerprint density at radius 2 is 2.00 bits per heavy atom. The molecule has 2 aliphatic rings. The standard InChI is InChI=1S/C13H23NO2/c1-3-16-13(15)11-9-10(2)12(11)14-7-5-4-6-8-14/h10-12H,3-9H2,1-2H3. The van der Waals surface area contributed by atoms with E-state index >= 15 is 0 Å². The molecule has 0 amide bonds.